The maximum absolute atomic E-state index is 13.3. The Morgan fingerprint density at radius 3 is 1.80 bits per heavy atom. The van der Waals surface area contributed by atoms with Crippen molar-refractivity contribution < 1.29 is 44.9 Å². The second-order valence-corrected chi connectivity index (χ2v) is 13.2. The van der Waals surface area contributed by atoms with Gasteiger partial charge >= 0.3 is 12.4 Å². The summed E-state index contributed by atoms with van der Waals surface area (Å²) in [5.74, 6) is 0.468. The number of halogens is 6. The maximum Gasteiger partial charge on any atom is 0.416 e. The summed E-state index contributed by atoms with van der Waals surface area (Å²) in [6, 6.07) is 20.1. The number of benzene rings is 3. The van der Waals surface area contributed by atoms with Gasteiger partial charge < -0.3 is 14.8 Å². The van der Waals surface area contributed by atoms with Gasteiger partial charge in [-0.2, -0.15) is 26.3 Å². The Morgan fingerprint density at radius 1 is 0.873 bits per heavy atom. The lowest BCUT2D eigenvalue weighted by atomic mass is 10.0. The fourth-order valence-corrected chi connectivity index (χ4v) is 6.42. The lowest BCUT2D eigenvalue weighted by molar-refractivity contribution is -0.137. The van der Waals surface area contributed by atoms with Gasteiger partial charge in [-0.15, -0.1) is 0 Å². The van der Waals surface area contributed by atoms with E-state index in [1.165, 1.54) is 23.3 Å². The summed E-state index contributed by atoms with van der Waals surface area (Å²) in [4.78, 5) is 22.8. The molecule has 3 aromatic rings. The predicted octanol–water partition coefficient (Wildman–Crippen LogP) is 11.1. The zero-order chi connectivity index (χ0) is 42.8. The van der Waals surface area contributed by atoms with Crippen LogP contribution in [0.1, 0.15) is 91.3 Å². The third-order valence-electron chi connectivity index (χ3n) is 7.64. The van der Waals surface area contributed by atoms with Crippen LogP contribution in [0.5, 0.6) is 5.75 Å². The van der Waals surface area contributed by atoms with Crippen LogP contribution in [-0.2, 0) is 26.8 Å². The van der Waals surface area contributed by atoms with E-state index in [0.717, 1.165) is 19.1 Å². The number of likely N-dealkylation sites (tertiary alicyclic amines) is 1. The first kappa shape index (κ1) is 53.4. The van der Waals surface area contributed by atoms with E-state index in [1.807, 2.05) is 72.3 Å². The summed E-state index contributed by atoms with van der Waals surface area (Å²) in [5.41, 5.74) is 2.55. The average Bonchev–Trinajstić information content (AvgIpc) is 3.17. The molecular weight excluding hydrogens is 745 g/mol. The molecule has 1 heterocycles. The molecule has 0 bridgehead atoms. The summed E-state index contributed by atoms with van der Waals surface area (Å²) in [5, 5.41) is 2.90. The van der Waals surface area contributed by atoms with Gasteiger partial charge in [0.2, 0.25) is 5.91 Å². The summed E-state index contributed by atoms with van der Waals surface area (Å²) in [7, 11) is -1.73. The predicted molar refractivity (Wildman–Crippen MR) is 213 cm³/mol. The van der Waals surface area contributed by atoms with Crippen LogP contribution < -0.4 is 10.1 Å². The van der Waals surface area contributed by atoms with Crippen molar-refractivity contribution in [2.45, 2.75) is 118 Å². The van der Waals surface area contributed by atoms with Gasteiger partial charge in [-0.05, 0) is 88.9 Å². The molecule has 312 valence electrons. The molecule has 0 saturated carbocycles. The summed E-state index contributed by atoms with van der Waals surface area (Å²) in [6.45, 7) is 22.9. The van der Waals surface area contributed by atoms with Crippen LogP contribution >= 0.6 is 0 Å². The number of nitrogens with zero attached hydrogens (tertiary/aromatic N) is 2. The second-order valence-electron chi connectivity index (χ2n) is 11.8. The molecule has 3 aromatic carbocycles. The number of amides is 1. The van der Waals surface area contributed by atoms with Gasteiger partial charge in [-0.1, -0.05) is 77.1 Å². The van der Waals surface area contributed by atoms with E-state index in [9.17, 15) is 35.3 Å². The van der Waals surface area contributed by atoms with Crippen molar-refractivity contribution in [3.05, 3.63) is 89.5 Å². The second kappa shape index (κ2) is 28.6. The number of carbonyl (C=O) groups is 2. The minimum Gasteiger partial charge on any atom is -0.492 e. The largest absolute Gasteiger partial charge is 0.492 e. The molecule has 1 N–H and O–H groups in total. The molecule has 0 aromatic heterocycles. The van der Waals surface area contributed by atoms with Gasteiger partial charge in [0.05, 0.1) is 29.3 Å². The van der Waals surface area contributed by atoms with Crippen LogP contribution in [0.2, 0.25) is 0 Å². The Bertz CT molecular complexity index is 1480. The first-order valence-electron chi connectivity index (χ1n) is 18.5. The molecule has 1 fully saturated rings. The van der Waals surface area contributed by atoms with Crippen molar-refractivity contribution in [3.63, 3.8) is 0 Å². The van der Waals surface area contributed by atoms with Crippen LogP contribution in [0.25, 0.3) is 0 Å². The number of nitrogens with one attached hydrogen (secondary N) is 1. The van der Waals surface area contributed by atoms with Crippen molar-refractivity contribution in [1.82, 2.24) is 9.21 Å². The van der Waals surface area contributed by atoms with Gasteiger partial charge in [-0.3, -0.25) is 9.69 Å². The zero-order valence-corrected chi connectivity index (χ0v) is 34.8. The van der Waals surface area contributed by atoms with E-state index < -0.39 is 35.3 Å². The van der Waals surface area contributed by atoms with Crippen molar-refractivity contribution in [1.29, 1.82) is 0 Å². The molecular formula is C41H61F6N3O4S. The van der Waals surface area contributed by atoms with E-state index in [1.54, 1.807) is 16.4 Å². The molecule has 1 atom stereocenters. The Labute approximate surface area is 327 Å². The molecule has 0 aliphatic carbocycles. The highest BCUT2D eigenvalue weighted by Gasteiger charge is 2.34. The van der Waals surface area contributed by atoms with Crippen LogP contribution in [0.3, 0.4) is 0 Å². The number of carbonyl (C=O) groups excluding carboxylic acids is 2. The number of hydrogen-bond donors (Lipinski definition) is 1. The zero-order valence-electron chi connectivity index (χ0n) is 33.9. The molecule has 1 saturated heterocycles. The average molecular weight is 806 g/mol. The molecule has 55 heavy (non-hydrogen) atoms. The first-order chi connectivity index (χ1) is 26.0. The first-order valence-corrected chi connectivity index (χ1v) is 19.6. The van der Waals surface area contributed by atoms with Crippen LogP contribution in [0, 0.1) is 13.8 Å². The Hall–Kier alpha value is -3.75. The molecule has 1 amide bonds. The smallest absolute Gasteiger partial charge is 0.416 e. The lowest BCUT2D eigenvalue weighted by Gasteiger charge is -2.39. The summed E-state index contributed by atoms with van der Waals surface area (Å²) < 4.78 is 92.4. The molecule has 0 spiro atoms. The van der Waals surface area contributed by atoms with Gasteiger partial charge in [-0.25, -0.2) is 8.51 Å². The molecule has 4 rings (SSSR count). The summed E-state index contributed by atoms with van der Waals surface area (Å²) >= 11 is 0. The van der Waals surface area contributed by atoms with E-state index in [4.69, 9.17) is 9.53 Å². The fourth-order valence-electron chi connectivity index (χ4n) is 4.89. The monoisotopic (exact) mass is 805 g/mol. The van der Waals surface area contributed by atoms with Crippen LogP contribution in [0.4, 0.5) is 32.0 Å². The molecule has 0 radical (unpaired) electrons. The minimum absolute atomic E-state index is 0.0663. The Kier molecular flexibility index (Phi) is 27.8. The molecule has 7 nitrogen and oxygen atoms in total. The lowest BCUT2D eigenvalue weighted by Crippen LogP contribution is -2.49. The topological polar surface area (TPSA) is 79.0 Å². The number of aryl methyl sites for hydroxylation is 2. The number of anilines is 1. The highest BCUT2D eigenvalue weighted by Crippen LogP contribution is 2.32. The maximum atomic E-state index is 13.3. The number of para-hydroxylation sites is 2. The van der Waals surface area contributed by atoms with Crippen LogP contribution in [0.15, 0.2) is 77.7 Å². The minimum atomic E-state index is -4.49. The van der Waals surface area contributed by atoms with Crippen molar-refractivity contribution in [3.8, 4) is 5.75 Å². The number of piperidine rings is 1. The van der Waals surface area contributed by atoms with E-state index in [-0.39, 0.29) is 29.4 Å². The van der Waals surface area contributed by atoms with Gasteiger partial charge in [0.15, 0.2) is 0 Å². The highest BCUT2D eigenvalue weighted by molar-refractivity contribution is 7.82. The van der Waals surface area contributed by atoms with E-state index in [2.05, 4.69) is 43.4 Å². The van der Waals surface area contributed by atoms with Crippen LogP contribution in [-0.4, -0.2) is 70.6 Å². The molecule has 14 heteroatoms. The number of rotatable bonds is 9. The standard InChI is InChI=1S/C25H32F3N3O3S.C8H10.C3H5F3.2C2H6.CH2O/c1-4-34-23-11-6-5-10-22(23)29-24(32)17-30-14-12-20(13-15-30)31(18(2)3)35(33)21-9-7-8-19(16-21)25(26,27)28;1-7-5-3-4-6-8(7)2;1-2-3(4,5)6;3*1-2/h5-11,16,18,20H,4,12-15,17H2,1-3H3,(H,29,32);3-6H,1-2H3;2H2,1H3;2*1-2H3;1H2. The fraction of sp³-hybridized carbons (Fsp3) is 0.512. The third kappa shape index (κ3) is 21.2. The highest BCUT2D eigenvalue weighted by atomic mass is 32.2. The number of ether oxygens (including phenoxy) is 1. The Balaban J connectivity index is 0. The van der Waals surface area contributed by atoms with Crippen molar-refractivity contribution >= 4 is 29.4 Å². The van der Waals surface area contributed by atoms with E-state index >= 15 is 0 Å². The molecule has 1 aliphatic rings. The number of alkyl halides is 6. The third-order valence-corrected chi connectivity index (χ3v) is 9.40. The van der Waals surface area contributed by atoms with Crippen molar-refractivity contribution in [2.24, 2.45) is 0 Å². The van der Waals surface area contributed by atoms with Gasteiger partial charge in [0.1, 0.15) is 23.5 Å². The van der Waals surface area contributed by atoms with E-state index in [0.29, 0.717) is 44.0 Å². The normalized spacial score (nSPS) is 13.4. The molecule has 1 unspecified atom stereocenters. The Morgan fingerprint density at radius 2 is 1.36 bits per heavy atom. The quantitative estimate of drug-likeness (QED) is 0.218. The number of hydrogen-bond acceptors (Lipinski definition) is 5. The summed E-state index contributed by atoms with van der Waals surface area (Å²) in [6.07, 6.45) is -7.86. The SMILES string of the molecule is C=O.CC.CC.CCC(F)(F)F.CCOc1ccccc1NC(=O)CN1CCC(N(C(C)C)S(=O)c2cccc(C(F)(F)F)c2)CC1.Cc1ccccc1C. The molecule has 1 aliphatic heterocycles. The van der Waals surface area contributed by atoms with Gasteiger partial charge in [0.25, 0.3) is 0 Å². The van der Waals surface area contributed by atoms with Crippen molar-refractivity contribution in [2.75, 3.05) is 31.6 Å². The van der Waals surface area contributed by atoms with Gasteiger partial charge in [0, 0.05) is 31.6 Å².